The molecule has 6 heteroatoms. The van der Waals surface area contributed by atoms with Crippen molar-refractivity contribution in [2.75, 3.05) is 0 Å². The van der Waals surface area contributed by atoms with Crippen LogP contribution < -0.4 is 4.74 Å². The summed E-state index contributed by atoms with van der Waals surface area (Å²) in [4.78, 5) is 23.6. The van der Waals surface area contributed by atoms with Gasteiger partial charge in [0.05, 0.1) is 5.02 Å². The van der Waals surface area contributed by atoms with Crippen LogP contribution in [0.1, 0.15) is 56.6 Å². The van der Waals surface area contributed by atoms with Crippen molar-refractivity contribution in [3.05, 3.63) is 33.3 Å². The van der Waals surface area contributed by atoms with Crippen molar-refractivity contribution in [2.45, 2.75) is 57.5 Å². The Morgan fingerprint density at radius 2 is 2.00 bits per heavy atom. The average molecular weight is 395 g/mol. The molecule has 3 aliphatic carbocycles. The number of hydrogen-bond acceptors (Lipinski definition) is 3. The zero-order valence-corrected chi connectivity index (χ0v) is 16.0. The summed E-state index contributed by atoms with van der Waals surface area (Å²) in [6.45, 7) is 2.12. The highest BCUT2D eigenvalue weighted by Crippen LogP contribution is 2.58. The first-order valence-electron chi connectivity index (χ1n) is 9.00. The SMILES string of the molecule is CCC12CCC(=O)C=C1c1c(cc(OC3(C(=O)O)CCC3)c(Cl)c1Cl)C2. The van der Waals surface area contributed by atoms with Crippen molar-refractivity contribution in [3.63, 3.8) is 0 Å². The van der Waals surface area contributed by atoms with Gasteiger partial charge < -0.3 is 9.84 Å². The van der Waals surface area contributed by atoms with Gasteiger partial charge in [0.2, 0.25) is 5.60 Å². The Morgan fingerprint density at radius 3 is 2.58 bits per heavy atom. The van der Waals surface area contributed by atoms with E-state index in [1.54, 1.807) is 6.08 Å². The van der Waals surface area contributed by atoms with Crippen LogP contribution in [0.2, 0.25) is 10.0 Å². The average Bonchev–Trinajstić information content (AvgIpc) is 2.89. The van der Waals surface area contributed by atoms with Crippen molar-refractivity contribution in [1.29, 1.82) is 0 Å². The van der Waals surface area contributed by atoms with Crippen LogP contribution in [-0.4, -0.2) is 22.5 Å². The smallest absolute Gasteiger partial charge is 0.348 e. The van der Waals surface area contributed by atoms with Crippen molar-refractivity contribution in [2.24, 2.45) is 5.41 Å². The van der Waals surface area contributed by atoms with Gasteiger partial charge in [-0.05, 0) is 61.8 Å². The summed E-state index contributed by atoms with van der Waals surface area (Å²) < 4.78 is 5.88. The molecule has 26 heavy (non-hydrogen) atoms. The van der Waals surface area contributed by atoms with E-state index in [9.17, 15) is 14.7 Å². The summed E-state index contributed by atoms with van der Waals surface area (Å²) in [5, 5.41) is 10.1. The van der Waals surface area contributed by atoms with Crippen LogP contribution in [0.5, 0.6) is 5.75 Å². The van der Waals surface area contributed by atoms with Crippen LogP contribution in [0.15, 0.2) is 12.1 Å². The number of carboxylic acid groups (broad SMARTS) is 1. The minimum atomic E-state index is -1.20. The van der Waals surface area contributed by atoms with Crippen molar-refractivity contribution in [3.8, 4) is 5.75 Å². The Balaban J connectivity index is 1.81. The monoisotopic (exact) mass is 394 g/mol. The number of ether oxygens (including phenoxy) is 1. The number of hydrogen-bond donors (Lipinski definition) is 1. The van der Waals surface area contributed by atoms with Crippen molar-refractivity contribution in [1.82, 2.24) is 0 Å². The maximum atomic E-state index is 12.0. The van der Waals surface area contributed by atoms with Gasteiger partial charge in [-0.3, -0.25) is 4.79 Å². The third kappa shape index (κ3) is 2.42. The molecule has 0 aliphatic heterocycles. The molecule has 1 N–H and O–H groups in total. The minimum absolute atomic E-state index is 0.0945. The fourth-order valence-electron chi connectivity index (χ4n) is 4.49. The second-order valence-corrected chi connectivity index (χ2v) is 8.38. The van der Waals surface area contributed by atoms with Gasteiger partial charge >= 0.3 is 5.97 Å². The van der Waals surface area contributed by atoms with Crippen molar-refractivity contribution >= 4 is 40.5 Å². The van der Waals surface area contributed by atoms with E-state index in [4.69, 9.17) is 27.9 Å². The van der Waals surface area contributed by atoms with Gasteiger partial charge in [0, 0.05) is 17.4 Å². The van der Waals surface area contributed by atoms with Crippen LogP contribution in [0.4, 0.5) is 0 Å². The summed E-state index contributed by atoms with van der Waals surface area (Å²) in [5.41, 5.74) is 1.49. The largest absolute Gasteiger partial charge is 0.478 e. The minimum Gasteiger partial charge on any atom is -0.478 e. The highest BCUT2D eigenvalue weighted by atomic mass is 35.5. The van der Waals surface area contributed by atoms with E-state index in [1.165, 1.54) is 0 Å². The fraction of sp³-hybridized carbons (Fsp3) is 0.500. The van der Waals surface area contributed by atoms with Gasteiger partial charge in [-0.1, -0.05) is 30.1 Å². The zero-order chi connectivity index (χ0) is 18.7. The number of ketones is 1. The number of fused-ring (bicyclic) bond motifs is 3. The Bertz CT molecular complexity index is 854. The molecule has 0 bridgehead atoms. The van der Waals surface area contributed by atoms with Gasteiger partial charge in [0.25, 0.3) is 0 Å². The molecule has 0 amide bonds. The molecule has 1 aromatic rings. The molecule has 138 valence electrons. The number of aliphatic carboxylic acids is 1. The lowest BCUT2D eigenvalue weighted by Crippen LogP contribution is -2.50. The summed E-state index contributed by atoms with van der Waals surface area (Å²) in [7, 11) is 0. The predicted molar refractivity (Wildman–Crippen MR) is 100.0 cm³/mol. The second kappa shape index (κ2) is 6.00. The zero-order valence-electron chi connectivity index (χ0n) is 14.5. The number of benzene rings is 1. The van der Waals surface area contributed by atoms with E-state index in [2.05, 4.69) is 6.92 Å². The van der Waals surface area contributed by atoms with E-state index in [0.717, 1.165) is 42.4 Å². The molecule has 1 saturated carbocycles. The normalized spacial score (nSPS) is 25.8. The van der Waals surface area contributed by atoms with E-state index in [1.807, 2.05) is 6.07 Å². The maximum Gasteiger partial charge on any atom is 0.348 e. The Morgan fingerprint density at radius 1 is 1.27 bits per heavy atom. The van der Waals surface area contributed by atoms with Gasteiger partial charge in [-0.2, -0.15) is 0 Å². The molecule has 0 radical (unpaired) electrons. The van der Waals surface area contributed by atoms with E-state index < -0.39 is 11.6 Å². The summed E-state index contributed by atoms with van der Waals surface area (Å²) in [6.07, 6.45) is 6.48. The number of allylic oxidation sites excluding steroid dienone is 2. The van der Waals surface area contributed by atoms with E-state index in [0.29, 0.717) is 30.0 Å². The lowest BCUT2D eigenvalue weighted by molar-refractivity contribution is -0.163. The molecule has 1 atom stereocenters. The molecule has 4 nitrogen and oxygen atoms in total. The molecule has 4 rings (SSSR count). The van der Waals surface area contributed by atoms with Crippen molar-refractivity contribution < 1.29 is 19.4 Å². The topological polar surface area (TPSA) is 63.6 Å². The molecule has 1 unspecified atom stereocenters. The predicted octanol–water partition coefficient (Wildman–Crippen LogP) is 5.08. The lowest BCUT2D eigenvalue weighted by atomic mass is 9.71. The van der Waals surface area contributed by atoms with Crippen LogP contribution in [0.25, 0.3) is 5.57 Å². The van der Waals surface area contributed by atoms with Crippen LogP contribution in [0.3, 0.4) is 0 Å². The van der Waals surface area contributed by atoms with Gasteiger partial charge in [0.1, 0.15) is 10.8 Å². The Labute approximate surface area is 162 Å². The molecule has 1 aromatic carbocycles. The first-order valence-corrected chi connectivity index (χ1v) is 9.76. The second-order valence-electron chi connectivity index (χ2n) is 7.63. The standard InChI is InChI=1S/C20H20Cl2O4/c1-2-19-7-4-12(23)9-13(19)15-11(10-19)8-14(16(21)17(15)22)26-20(18(24)25)5-3-6-20/h8-9H,2-7,10H2,1H3,(H,24,25). The van der Waals surface area contributed by atoms with Crippen LogP contribution in [0, 0.1) is 5.41 Å². The number of carbonyl (C=O) groups excluding carboxylic acids is 1. The molecular weight excluding hydrogens is 375 g/mol. The third-order valence-electron chi connectivity index (χ3n) is 6.31. The van der Waals surface area contributed by atoms with E-state index >= 15 is 0 Å². The summed E-state index contributed by atoms with van der Waals surface area (Å²) in [5.74, 6) is -0.526. The Kier molecular flexibility index (Phi) is 4.12. The highest BCUT2D eigenvalue weighted by Gasteiger charge is 2.49. The highest BCUT2D eigenvalue weighted by molar-refractivity contribution is 6.44. The van der Waals surface area contributed by atoms with E-state index in [-0.39, 0.29) is 16.2 Å². The third-order valence-corrected chi connectivity index (χ3v) is 7.16. The number of halogens is 2. The first kappa shape index (κ1) is 17.9. The molecule has 0 spiro atoms. The molecule has 0 saturated heterocycles. The van der Waals surface area contributed by atoms with Gasteiger partial charge in [-0.25, -0.2) is 4.79 Å². The number of rotatable bonds is 4. The van der Waals surface area contributed by atoms with Crippen LogP contribution in [-0.2, 0) is 16.0 Å². The summed E-state index contributed by atoms with van der Waals surface area (Å²) >= 11 is 13.1. The molecule has 3 aliphatic rings. The quantitative estimate of drug-likeness (QED) is 0.773. The number of carboxylic acids is 1. The molecule has 1 fully saturated rings. The van der Waals surface area contributed by atoms with Gasteiger partial charge in [-0.15, -0.1) is 0 Å². The summed E-state index contributed by atoms with van der Waals surface area (Å²) in [6, 6.07) is 1.83. The lowest BCUT2D eigenvalue weighted by Gasteiger charge is -2.38. The Hall–Kier alpha value is -1.52. The van der Waals surface area contributed by atoms with Gasteiger partial charge in [0.15, 0.2) is 5.78 Å². The first-order chi connectivity index (χ1) is 12.3. The number of carbonyl (C=O) groups is 2. The molecule has 0 aromatic heterocycles. The molecule has 0 heterocycles. The molecular formula is C20H20Cl2O4. The maximum absolute atomic E-state index is 12.0. The fourth-order valence-corrected chi connectivity index (χ4v) is 4.99. The van der Waals surface area contributed by atoms with Crippen LogP contribution >= 0.6 is 23.2 Å².